The van der Waals surface area contributed by atoms with Gasteiger partial charge in [0, 0.05) is 29.4 Å². The number of aryl methyl sites for hydroxylation is 1. The zero-order valence-corrected chi connectivity index (χ0v) is 17.6. The summed E-state index contributed by atoms with van der Waals surface area (Å²) < 4.78 is 21.5. The van der Waals surface area contributed by atoms with Crippen LogP contribution in [0.2, 0.25) is 0 Å². The first-order valence-electron chi connectivity index (χ1n) is 9.44. The Labute approximate surface area is 168 Å². The van der Waals surface area contributed by atoms with Gasteiger partial charge in [0.15, 0.2) is 4.90 Å². The van der Waals surface area contributed by atoms with E-state index in [0.29, 0.717) is 25.9 Å². The van der Waals surface area contributed by atoms with Crippen molar-refractivity contribution in [2.45, 2.75) is 57.1 Å². The van der Waals surface area contributed by atoms with Crippen molar-refractivity contribution in [1.82, 2.24) is 9.62 Å². The largest absolute Gasteiger partial charge is 0.593 e. The summed E-state index contributed by atoms with van der Waals surface area (Å²) in [4.78, 5) is 12.7. The average Bonchev–Trinajstić information content (AvgIpc) is 2.59. The van der Waals surface area contributed by atoms with E-state index in [4.69, 9.17) is 4.74 Å². The Morgan fingerprint density at radius 3 is 2.64 bits per heavy atom. The number of aromatic nitrogens is 1. The Balaban J connectivity index is 1.67. The third-order valence-corrected chi connectivity index (χ3v) is 6.20. The molecule has 7 nitrogen and oxygen atoms in total. The van der Waals surface area contributed by atoms with Crippen molar-refractivity contribution >= 4 is 28.2 Å². The van der Waals surface area contributed by atoms with Crippen LogP contribution < -0.4 is 10.0 Å². The van der Waals surface area contributed by atoms with Crippen molar-refractivity contribution in [3.63, 3.8) is 0 Å². The minimum atomic E-state index is -1.31. The maximum Gasteiger partial charge on any atom is 0.407 e. The van der Waals surface area contributed by atoms with Gasteiger partial charge in [-0.05, 0) is 52.7 Å². The fraction of sp³-hybridized carbons (Fsp3) is 0.500. The van der Waals surface area contributed by atoms with E-state index in [1.165, 1.54) is 0 Å². The molecule has 8 heteroatoms. The van der Waals surface area contributed by atoms with Gasteiger partial charge in [-0.2, -0.15) is 0 Å². The monoisotopic (exact) mass is 406 g/mol. The first-order chi connectivity index (χ1) is 13.1. The molecule has 0 aliphatic carbocycles. The minimum absolute atomic E-state index is 0.0192. The van der Waals surface area contributed by atoms with Crippen LogP contribution in [-0.2, 0) is 16.1 Å². The van der Waals surface area contributed by atoms with E-state index in [1.54, 1.807) is 12.4 Å². The number of piperidine rings is 1. The van der Waals surface area contributed by atoms with Gasteiger partial charge in [0.25, 0.3) is 0 Å². The van der Waals surface area contributed by atoms with Crippen LogP contribution in [0.1, 0.15) is 39.2 Å². The van der Waals surface area contributed by atoms with E-state index in [0.717, 1.165) is 26.0 Å². The zero-order valence-electron chi connectivity index (χ0n) is 16.8. The molecule has 152 valence electrons. The Hall–Kier alpha value is -2.03. The van der Waals surface area contributed by atoms with Gasteiger partial charge in [0.1, 0.15) is 5.60 Å². The number of benzene rings is 1. The predicted octanol–water partition coefficient (Wildman–Crippen LogP) is 2.68. The van der Waals surface area contributed by atoms with Gasteiger partial charge in [-0.25, -0.2) is 4.79 Å². The van der Waals surface area contributed by atoms with Crippen LogP contribution in [0.15, 0.2) is 35.5 Å². The number of nitrogens with zero attached hydrogens (tertiary/aromatic N) is 2. The van der Waals surface area contributed by atoms with Crippen LogP contribution in [0, 0.1) is 6.92 Å². The summed E-state index contributed by atoms with van der Waals surface area (Å²) in [7, 11) is 0. The number of ether oxygens (including phenoxy) is 1. The topological polar surface area (TPSA) is 88.7 Å². The van der Waals surface area contributed by atoms with Crippen molar-refractivity contribution in [3.05, 3.63) is 36.2 Å². The number of amides is 1. The maximum atomic E-state index is 13.2. The van der Waals surface area contributed by atoms with Crippen LogP contribution >= 0.6 is 0 Å². The smallest absolute Gasteiger partial charge is 0.407 e. The molecule has 0 spiro atoms. The zero-order chi connectivity index (χ0) is 20.5. The highest BCUT2D eigenvalue weighted by molar-refractivity contribution is 7.89. The molecule has 3 rings (SSSR count). The van der Waals surface area contributed by atoms with Gasteiger partial charge < -0.3 is 14.6 Å². The molecule has 2 N–H and O–H groups in total. The molecule has 28 heavy (non-hydrogen) atoms. The van der Waals surface area contributed by atoms with Gasteiger partial charge >= 0.3 is 6.09 Å². The van der Waals surface area contributed by atoms with Crippen LogP contribution in [0.3, 0.4) is 0 Å². The number of carbonyl (C=O) groups excluding carboxylic acids is 1. The number of hydrogen-bond acceptors (Lipinski definition) is 5. The highest BCUT2D eigenvalue weighted by Crippen LogP contribution is 2.29. The lowest BCUT2D eigenvalue weighted by molar-refractivity contribution is -0.904. The molecule has 1 fully saturated rings. The van der Waals surface area contributed by atoms with Crippen molar-refractivity contribution in [3.8, 4) is 0 Å². The fourth-order valence-electron chi connectivity index (χ4n) is 3.45. The summed E-state index contributed by atoms with van der Waals surface area (Å²) in [5, 5.41) is 14.4. The standard InChI is InChI=1S/C20H27N3O4S/c1-14-12-22(25)13-15-6-5-7-17(18(14)15)28(26)23-10-8-16(9-11-23)21-19(24)27-20(2,3)4/h5-7,12-13,16H,8-11H2,1-4H3,(H-,21,24,25)/p+1. The predicted molar refractivity (Wildman–Crippen MR) is 106 cm³/mol. The van der Waals surface area contributed by atoms with Crippen LogP contribution in [0.25, 0.3) is 10.8 Å². The van der Waals surface area contributed by atoms with Crippen molar-refractivity contribution in [2.75, 3.05) is 13.1 Å². The van der Waals surface area contributed by atoms with Gasteiger partial charge in [0.05, 0.1) is 22.1 Å². The number of fused-ring (bicyclic) bond motifs is 1. The Bertz CT molecular complexity index is 860. The highest BCUT2D eigenvalue weighted by atomic mass is 32.2. The molecule has 1 unspecified atom stereocenters. The highest BCUT2D eigenvalue weighted by Gasteiger charge is 2.31. The van der Waals surface area contributed by atoms with Gasteiger partial charge in [-0.1, -0.05) is 6.07 Å². The lowest BCUT2D eigenvalue weighted by atomic mass is 10.1. The molecule has 2 aromatic rings. The number of nitrogens with one attached hydrogen (secondary N) is 1. The summed E-state index contributed by atoms with van der Waals surface area (Å²) in [5.41, 5.74) is 0.344. The van der Waals surface area contributed by atoms with E-state index in [2.05, 4.69) is 5.32 Å². The van der Waals surface area contributed by atoms with Crippen LogP contribution in [0.5, 0.6) is 0 Å². The molecular weight excluding hydrogens is 378 g/mol. The maximum absolute atomic E-state index is 13.2. The lowest BCUT2D eigenvalue weighted by Crippen LogP contribution is -2.47. The average molecular weight is 407 g/mol. The fourth-order valence-corrected chi connectivity index (χ4v) is 4.91. The van der Waals surface area contributed by atoms with Gasteiger partial charge in [-0.15, -0.1) is 4.31 Å². The minimum Gasteiger partial charge on any atom is -0.593 e. The normalized spacial score (nSPS) is 17.5. The first kappa shape index (κ1) is 20.7. The molecule has 0 radical (unpaired) electrons. The molecular formula is C20H28N3O4S+. The number of carbonyl (C=O) groups is 1. The van der Waals surface area contributed by atoms with Crippen LogP contribution in [-0.4, -0.2) is 44.9 Å². The van der Waals surface area contributed by atoms with E-state index in [1.807, 2.05) is 50.2 Å². The quantitative estimate of drug-likeness (QED) is 0.465. The molecule has 1 atom stereocenters. The Kier molecular flexibility index (Phi) is 6.02. The van der Waals surface area contributed by atoms with Gasteiger partial charge in [0.2, 0.25) is 12.4 Å². The number of rotatable bonds is 3. The molecule has 0 saturated carbocycles. The number of hydrogen-bond donors (Lipinski definition) is 2. The Morgan fingerprint density at radius 2 is 2.00 bits per heavy atom. The molecule has 1 amide bonds. The molecule has 0 bridgehead atoms. The summed E-state index contributed by atoms with van der Waals surface area (Å²) >= 11 is -1.31. The van der Waals surface area contributed by atoms with Gasteiger partial charge in [-0.3, -0.25) is 5.21 Å². The molecule has 1 aromatic heterocycles. The third kappa shape index (κ3) is 4.87. The van der Waals surface area contributed by atoms with Crippen molar-refractivity contribution in [2.24, 2.45) is 0 Å². The Morgan fingerprint density at radius 1 is 1.32 bits per heavy atom. The van der Waals surface area contributed by atoms with E-state index < -0.39 is 23.1 Å². The molecule has 1 aliphatic rings. The second-order valence-corrected chi connectivity index (χ2v) is 9.59. The number of pyridine rings is 1. The van der Waals surface area contributed by atoms with E-state index in [-0.39, 0.29) is 6.04 Å². The lowest BCUT2D eigenvalue weighted by Gasteiger charge is -2.32. The van der Waals surface area contributed by atoms with Crippen molar-refractivity contribution in [1.29, 1.82) is 0 Å². The summed E-state index contributed by atoms with van der Waals surface area (Å²) in [6.07, 6.45) is 4.24. The summed E-state index contributed by atoms with van der Waals surface area (Å²) in [6.45, 7) is 8.64. The summed E-state index contributed by atoms with van der Waals surface area (Å²) in [5.74, 6) is 0. The van der Waals surface area contributed by atoms with E-state index >= 15 is 0 Å². The SMILES string of the molecule is Cc1c[n+](O)cc2cccc([S+]([O-])N3CCC(NC(=O)OC(C)(C)C)CC3)c12. The molecule has 1 saturated heterocycles. The third-order valence-electron chi connectivity index (χ3n) is 4.65. The molecule has 1 aromatic carbocycles. The first-order valence-corrected chi connectivity index (χ1v) is 10.5. The summed E-state index contributed by atoms with van der Waals surface area (Å²) in [6, 6.07) is 5.64. The van der Waals surface area contributed by atoms with Crippen molar-refractivity contribution < 1.29 is 24.0 Å². The second-order valence-electron chi connectivity index (χ2n) is 8.14. The number of alkyl carbamates (subject to hydrolysis) is 1. The second kappa shape index (κ2) is 8.14. The molecule has 1 aliphatic heterocycles. The van der Waals surface area contributed by atoms with Crippen LogP contribution in [0.4, 0.5) is 4.79 Å². The van der Waals surface area contributed by atoms with E-state index in [9.17, 15) is 14.6 Å². The molecule has 2 heterocycles.